The largest absolute Gasteiger partial charge is 0.507 e. The number of rotatable bonds is 3. The molecule has 0 unspecified atom stereocenters. The molecule has 4 N–H and O–H groups in total. The first kappa shape index (κ1) is 15.1. The van der Waals surface area contributed by atoms with E-state index in [9.17, 15) is 9.90 Å². The van der Waals surface area contributed by atoms with Crippen LogP contribution in [0, 0.1) is 0 Å². The number of aromatic hydroxyl groups is 1. The highest BCUT2D eigenvalue weighted by molar-refractivity contribution is 9.10. The molecule has 21 heavy (non-hydrogen) atoms. The number of benzene rings is 2. The summed E-state index contributed by atoms with van der Waals surface area (Å²) in [5, 5.41) is 13.8. The van der Waals surface area contributed by atoms with Crippen molar-refractivity contribution in [1.29, 1.82) is 0 Å². The van der Waals surface area contributed by atoms with Gasteiger partial charge in [-0.1, -0.05) is 15.9 Å². The summed E-state index contributed by atoms with van der Waals surface area (Å²) < 4.78 is 0.815. The molecule has 6 heteroatoms. The van der Waals surface area contributed by atoms with Crippen molar-refractivity contribution in [1.82, 2.24) is 5.43 Å². The molecule has 0 atom stereocenters. The Morgan fingerprint density at radius 2 is 1.90 bits per heavy atom. The lowest BCUT2D eigenvalue weighted by Gasteiger charge is -2.06. The van der Waals surface area contributed by atoms with Gasteiger partial charge >= 0.3 is 0 Å². The summed E-state index contributed by atoms with van der Waals surface area (Å²) >= 11 is 3.32. The van der Waals surface area contributed by atoms with Crippen LogP contribution in [0.1, 0.15) is 22.8 Å². The normalized spacial score (nSPS) is 11.2. The lowest BCUT2D eigenvalue weighted by atomic mass is 10.1. The predicted molar refractivity (Wildman–Crippen MR) is 86.3 cm³/mol. The highest BCUT2D eigenvalue weighted by atomic mass is 79.9. The molecular formula is C15H14BrN3O2. The summed E-state index contributed by atoms with van der Waals surface area (Å²) in [4.78, 5) is 11.9. The Morgan fingerprint density at radius 1 is 1.24 bits per heavy atom. The second-order valence-corrected chi connectivity index (χ2v) is 5.34. The Hall–Kier alpha value is -2.34. The molecule has 0 saturated heterocycles. The molecule has 0 spiro atoms. The molecule has 0 aliphatic heterocycles. The lowest BCUT2D eigenvalue weighted by molar-refractivity contribution is 0.0955. The number of hydrazone groups is 1. The fraction of sp³-hybridized carbons (Fsp3) is 0.0667. The lowest BCUT2D eigenvalue weighted by Crippen LogP contribution is -2.19. The maximum atomic E-state index is 11.9. The summed E-state index contributed by atoms with van der Waals surface area (Å²) in [5.41, 5.74) is 10.1. The van der Waals surface area contributed by atoms with Gasteiger partial charge in [0.1, 0.15) is 5.75 Å². The van der Waals surface area contributed by atoms with Crippen LogP contribution in [-0.4, -0.2) is 16.7 Å². The number of nitrogens with two attached hydrogens (primary N) is 1. The van der Waals surface area contributed by atoms with Crippen molar-refractivity contribution in [3.8, 4) is 5.75 Å². The number of hydrogen-bond acceptors (Lipinski definition) is 4. The van der Waals surface area contributed by atoms with Gasteiger partial charge in [0.2, 0.25) is 0 Å². The van der Waals surface area contributed by atoms with Gasteiger partial charge < -0.3 is 10.8 Å². The van der Waals surface area contributed by atoms with Gasteiger partial charge in [0.25, 0.3) is 5.91 Å². The third-order valence-electron chi connectivity index (χ3n) is 2.85. The molecular weight excluding hydrogens is 334 g/mol. The Kier molecular flexibility index (Phi) is 4.59. The molecule has 2 rings (SSSR count). The first-order valence-electron chi connectivity index (χ1n) is 6.16. The summed E-state index contributed by atoms with van der Waals surface area (Å²) in [6.45, 7) is 1.70. The molecule has 0 aromatic heterocycles. The Bertz CT molecular complexity index is 697. The topological polar surface area (TPSA) is 87.7 Å². The maximum Gasteiger partial charge on any atom is 0.271 e. The number of carbonyl (C=O) groups excluding carboxylic acids is 1. The van der Waals surface area contributed by atoms with Gasteiger partial charge in [0.05, 0.1) is 5.71 Å². The SMILES string of the molecule is C/C(=N\NC(=O)c1ccc(N)cc1)c1cc(Br)ccc1O. The van der Waals surface area contributed by atoms with Crippen molar-refractivity contribution in [3.63, 3.8) is 0 Å². The van der Waals surface area contributed by atoms with Crippen LogP contribution < -0.4 is 11.2 Å². The van der Waals surface area contributed by atoms with Gasteiger partial charge in [0, 0.05) is 21.3 Å². The van der Waals surface area contributed by atoms with E-state index in [1.807, 2.05) is 0 Å². The van der Waals surface area contributed by atoms with Crippen LogP contribution in [0.15, 0.2) is 52.0 Å². The number of phenolic OH excluding ortho intramolecular Hbond substituents is 1. The summed E-state index contributed by atoms with van der Waals surface area (Å²) in [5.74, 6) is -0.245. The van der Waals surface area contributed by atoms with E-state index in [0.29, 0.717) is 22.5 Å². The van der Waals surface area contributed by atoms with E-state index in [-0.39, 0.29) is 11.7 Å². The van der Waals surface area contributed by atoms with Gasteiger partial charge in [0.15, 0.2) is 0 Å². The zero-order valence-electron chi connectivity index (χ0n) is 11.3. The fourth-order valence-corrected chi connectivity index (χ4v) is 2.05. The molecule has 0 heterocycles. The quantitative estimate of drug-likeness (QED) is 0.453. The molecule has 0 saturated carbocycles. The third-order valence-corrected chi connectivity index (χ3v) is 3.34. The highest BCUT2D eigenvalue weighted by Crippen LogP contribution is 2.22. The van der Waals surface area contributed by atoms with Gasteiger partial charge in [-0.25, -0.2) is 5.43 Å². The molecule has 5 nitrogen and oxygen atoms in total. The summed E-state index contributed by atoms with van der Waals surface area (Å²) in [6.07, 6.45) is 0. The second kappa shape index (κ2) is 6.41. The first-order valence-corrected chi connectivity index (χ1v) is 6.96. The minimum absolute atomic E-state index is 0.0983. The van der Waals surface area contributed by atoms with Crippen molar-refractivity contribution in [3.05, 3.63) is 58.1 Å². The number of halogens is 1. The van der Waals surface area contributed by atoms with Crippen LogP contribution in [0.25, 0.3) is 0 Å². The van der Waals surface area contributed by atoms with Crippen LogP contribution >= 0.6 is 15.9 Å². The molecule has 2 aromatic rings. The maximum absolute atomic E-state index is 11.9. The average Bonchev–Trinajstić information content (AvgIpc) is 2.47. The van der Waals surface area contributed by atoms with Crippen LogP contribution in [-0.2, 0) is 0 Å². The standard InChI is InChI=1S/C15H14BrN3O2/c1-9(13-8-11(16)4-7-14(13)20)18-19-15(21)10-2-5-12(17)6-3-10/h2-8,20H,17H2,1H3,(H,19,21)/b18-9+. The number of nitrogens with zero attached hydrogens (tertiary/aromatic N) is 1. The first-order chi connectivity index (χ1) is 9.97. The minimum atomic E-state index is -0.344. The molecule has 0 aliphatic carbocycles. The molecule has 0 aliphatic rings. The average molecular weight is 348 g/mol. The molecule has 2 aromatic carbocycles. The van der Waals surface area contributed by atoms with Crippen LogP contribution in [0.4, 0.5) is 5.69 Å². The van der Waals surface area contributed by atoms with E-state index in [2.05, 4.69) is 26.5 Å². The molecule has 1 amide bonds. The van der Waals surface area contributed by atoms with E-state index < -0.39 is 0 Å². The number of anilines is 1. The van der Waals surface area contributed by atoms with E-state index in [1.54, 1.807) is 49.4 Å². The third kappa shape index (κ3) is 3.82. The van der Waals surface area contributed by atoms with Crippen molar-refractivity contribution in [2.45, 2.75) is 6.92 Å². The molecule has 108 valence electrons. The van der Waals surface area contributed by atoms with Crippen molar-refractivity contribution in [2.75, 3.05) is 5.73 Å². The Morgan fingerprint density at radius 3 is 2.57 bits per heavy atom. The minimum Gasteiger partial charge on any atom is -0.507 e. The zero-order chi connectivity index (χ0) is 15.4. The smallest absolute Gasteiger partial charge is 0.271 e. The molecule has 0 bridgehead atoms. The fourth-order valence-electron chi connectivity index (χ4n) is 1.69. The van der Waals surface area contributed by atoms with Crippen molar-refractivity contribution >= 4 is 33.2 Å². The van der Waals surface area contributed by atoms with Crippen LogP contribution in [0.3, 0.4) is 0 Å². The number of nitrogen functional groups attached to an aromatic ring is 1. The number of nitrogens with one attached hydrogen (secondary N) is 1. The predicted octanol–water partition coefficient (Wildman–Crippen LogP) is 2.89. The van der Waals surface area contributed by atoms with Gasteiger partial charge in [-0.2, -0.15) is 5.10 Å². The Balaban J connectivity index is 2.14. The van der Waals surface area contributed by atoms with Gasteiger partial charge in [-0.05, 0) is 49.4 Å². The molecule has 0 fully saturated rings. The summed E-state index contributed by atoms with van der Waals surface area (Å²) in [7, 11) is 0. The van der Waals surface area contributed by atoms with E-state index >= 15 is 0 Å². The van der Waals surface area contributed by atoms with Crippen molar-refractivity contribution < 1.29 is 9.90 Å². The molecule has 0 radical (unpaired) electrons. The number of hydrogen-bond donors (Lipinski definition) is 3. The van der Waals surface area contributed by atoms with Gasteiger partial charge in [-0.15, -0.1) is 0 Å². The summed E-state index contributed by atoms with van der Waals surface area (Å²) in [6, 6.07) is 11.5. The van der Waals surface area contributed by atoms with E-state index in [0.717, 1.165) is 4.47 Å². The van der Waals surface area contributed by atoms with Crippen molar-refractivity contribution in [2.24, 2.45) is 5.10 Å². The second-order valence-electron chi connectivity index (χ2n) is 4.42. The number of carbonyl (C=O) groups is 1. The monoisotopic (exact) mass is 347 g/mol. The highest BCUT2D eigenvalue weighted by Gasteiger charge is 2.07. The Labute approximate surface area is 130 Å². The van der Waals surface area contributed by atoms with E-state index in [1.165, 1.54) is 0 Å². The zero-order valence-corrected chi connectivity index (χ0v) is 12.9. The van der Waals surface area contributed by atoms with E-state index in [4.69, 9.17) is 5.73 Å². The van der Waals surface area contributed by atoms with Crippen LogP contribution in [0.2, 0.25) is 0 Å². The number of amides is 1. The van der Waals surface area contributed by atoms with Gasteiger partial charge in [-0.3, -0.25) is 4.79 Å². The number of phenols is 1. The van der Waals surface area contributed by atoms with Crippen LogP contribution in [0.5, 0.6) is 5.75 Å².